The van der Waals surface area contributed by atoms with Crippen molar-refractivity contribution in [3.8, 4) is 0 Å². The maximum absolute atomic E-state index is 13.0. The van der Waals surface area contributed by atoms with Crippen molar-refractivity contribution in [1.29, 1.82) is 0 Å². The number of aromatic nitrogens is 3. The van der Waals surface area contributed by atoms with E-state index in [1.54, 1.807) is 29.3 Å². The molecule has 1 aliphatic heterocycles. The molecule has 1 aromatic carbocycles. The van der Waals surface area contributed by atoms with Crippen molar-refractivity contribution >= 4 is 21.7 Å². The number of hydrogen-bond acceptors (Lipinski definition) is 5. The normalized spacial score (nSPS) is 15.9. The first-order valence-electron chi connectivity index (χ1n) is 10.5. The number of nitrogens with zero attached hydrogens (tertiary/aromatic N) is 4. The number of halogens is 3. The fourth-order valence-corrected chi connectivity index (χ4v) is 5.28. The largest absolute Gasteiger partial charge is 0.416 e. The van der Waals surface area contributed by atoms with E-state index in [-0.39, 0.29) is 31.8 Å². The van der Waals surface area contributed by atoms with Gasteiger partial charge in [0.1, 0.15) is 0 Å². The van der Waals surface area contributed by atoms with E-state index in [1.165, 1.54) is 0 Å². The monoisotopic (exact) mass is 493 g/mol. The second-order valence-electron chi connectivity index (χ2n) is 7.95. The Morgan fingerprint density at radius 2 is 1.79 bits per heavy atom. The first kappa shape index (κ1) is 23.9. The van der Waals surface area contributed by atoms with Crippen LogP contribution in [0.3, 0.4) is 0 Å². The Labute approximate surface area is 194 Å². The molecule has 0 radical (unpaired) electrons. The Hall–Kier alpha value is -3.25. The maximum atomic E-state index is 13.0. The topological polar surface area (TPSA) is 97.2 Å². The van der Waals surface area contributed by atoms with Crippen LogP contribution in [0.2, 0.25) is 0 Å². The second kappa shape index (κ2) is 9.55. The van der Waals surface area contributed by atoms with E-state index >= 15 is 0 Å². The molecule has 3 heterocycles. The lowest BCUT2D eigenvalue weighted by molar-refractivity contribution is -0.137. The lowest BCUT2D eigenvalue weighted by atomic mass is 9.97. The van der Waals surface area contributed by atoms with Crippen LogP contribution in [0.15, 0.2) is 66.0 Å². The van der Waals surface area contributed by atoms with Gasteiger partial charge in [-0.05, 0) is 48.7 Å². The average molecular weight is 494 g/mol. The highest BCUT2D eigenvalue weighted by molar-refractivity contribution is 7.89. The zero-order valence-electron chi connectivity index (χ0n) is 17.9. The van der Waals surface area contributed by atoms with Gasteiger partial charge in [-0.25, -0.2) is 8.42 Å². The van der Waals surface area contributed by atoms with Gasteiger partial charge in [0.05, 0.1) is 17.0 Å². The van der Waals surface area contributed by atoms with Crippen molar-refractivity contribution < 1.29 is 26.4 Å². The van der Waals surface area contributed by atoms with Crippen molar-refractivity contribution in [3.63, 3.8) is 0 Å². The lowest BCUT2D eigenvalue weighted by Gasteiger charge is -2.30. The zero-order valence-corrected chi connectivity index (χ0v) is 18.8. The standard InChI is InChI=1S/C22H22F3N5O3S/c23-22(24,25)18-2-1-3-19(14-18)34(32,33)30-12-6-17(7-13-30)21(31)27-20-8-11-29(28-20)15-16-4-9-26-10-5-16/h1-5,8-11,14,17H,6-7,12-13,15H2,(H,27,28,31). The molecule has 8 nitrogen and oxygen atoms in total. The Morgan fingerprint density at radius 1 is 1.09 bits per heavy atom. The summed E-state index contributed by atoms with van der Waals surface area (Å²) in [6.45, 7) is 0.588. The molecule has 1 saturated heterocycles. The molecule has 0 spiro atoms. The molecule has 0 saturated carbocycles. The number of carbonyl (C=O) groups is 1. The van der Waals surface area contributed by atoms with Gasteiger partial charge in [-0.2, -0.15) is 22.6 Å². The van der Waals surface area contributed by atoms with Gasteiger partial charge in [-0.3, -0.25) is 14.5 Å². The van der Waals surface area contributed by atoms with Gasteiger partial charge in [0.2, 0.25) is 15.9 Å². The first-order valence-corrected chi connectivity index (χ1v) is 12.0. The fourth-order valence-electron chi connectivity index (χ4n) is 3.76. The molecule has 1 fully saturated rings. The number of alkyl halides is 3. The molecule has 0 unspecified atom stereocenters. The molecule has 0 atom stereocenters. The third-order valence-corrected chi connectivity index (χ3v) is 7.50. The Morgan fingerprint density at radius 3 is 2.47 bits per heavy atom. The van der Waals surface area contributed by atoms with Gasteiger partial charge in [0.25, 0.3) is 0 Å². The van der Waals surface area contributed by atoms with E-state index < -0.39 is 32.6 Å². The van der Waals surface area contributed by atoms with Gasteiger partial charge in [0.15, 0.2) is 5.82 Å². The third kappa shape index (κ3) is 5.45. The third-order valence-electron chi connectivity index (χ3n) is 5.61. The van der Waals surface area contributed by atoms with Crippen molar-refractivity contribution in [2.24, 2.45) is 5.92 Å². The highest BCUT2D eigenvalue weighted by Crippen LogP contribution is 2.32. The Balaban J connectivity index is 1.34. The molecule has 12 heteroatoms. The molecule has 1 aliphatic rings. The van der Waals surface area contributed by atoms with E-state index in [2.05, 4.69) is 15.4 Å². The van der Waals surface area contributed by atoms with Crippen LogP contribution in [-0.4, -0.2) is 46.5 Å². The summed E-state index contributed by atoms with van der Waals surface area (Å²) < 4.78 is 67.4. The Bertz CT molecular complexity index is 1250. The van der Waals surface area contributed by atoms with Crippen LogP contribution in [0.1, 0.15) is 24.0 Å². The molecule has 34 heavy (non-hydrogen) atoms. The van der Waals surface area contributed by atoms with Crippen LogP contribution >= 0.6 is 0 Å². The minimum atomic E-state index is -4.64. The van der Waals surface area contributed by atoms with Crippen LogP contribution in [0.25, 0.3) is 0 Å². The quantitative estimate of drug-likeness (QED) is 0.568. The van der Waals surface area contributed by atoms with Gasteiger partial charge >= 0.3 is 6.18 Å². The number of piperidine rings is 1. The minimum Gasteiger partial charge on any atom is -0.309 e. The number of benzene rings is 1. The number of sulfonamides is 1. The number of amides is 1. The smallest absolute Gasteiger partial charge is 0.309 e. The van der Waals surface area contributed by atoms with Crippen LogP contribution in [0.4, 0.5) is 19.0 Å². The van der Waals surface area contributed by atoms with E-state index in [0.29, 0.717) is 18.4 Å². The predicted molar refractivity (Wildman–Crippen MR) is 117 cm³/mol. The summed E-state index contributed by atoms with van der Waals surface area (Å²) in [5.74, 6) is -0.318. The minimum absolute atomic E-state index is 0.0349. The number of hydrogen-bond donors (Lipinski definition) is 1. The van der Waals surface area contributed by atoms with Crippen molar-refractivity contribution in [3.05, 3.63) is 72.2 Å². The van der Waals surface area contributed by atoms with Crippen LogP contribution < -0.4 is 5.32 Å². The van der Waals surface area contributed by atoms with E-state index in [1.807, 2.05) is 12.1 Å². The van der Waals surface area contributed by atoms with Crippen molar-refractivity contribution in [2.75, 3.05) is 18.4 Å². The molecular formula is C22H22F3N5O3S. The van der Waals surface area contributed by atoms with Crippen LogP contribution in [0, 0.1) is 5.92 Å². The van der Waals surface area contributed by atoms with Gasteiger partial charge in [-0.15, -0.1) is 0 Å². The molecule has 0 aliphatic carbocycles. The molecular weight excluding hydrogens is 471 g/mol. The highest BCUT2D eigenvalue weighted by atomic mass is 32.2. The van der Waals surface area contributed by atoms with Crippen LogP contribution in [-0.2, 0) is 27.5 Å². The molecule has 2 aromatic heterocycles. The van der Waals surface area contributed by atoms with Gasteiger partial charge in [-0.1, -0.05) is 6.07 Å². The predicted octanol–water partition coefficient (Wildman–Crippen LogP) is 3.38. The van der Waals surface area contributed by atoms with Crippen molar-refractivity contribution in [2.45, 2.75) is 30.5 Å². The molecule has 4 rings (SSSR count). The number of rotatable bonds is 6. The summed E-state index contributed by atoms with van der Waals surface area (Å²) in [5, 5.41) is 7.08. The maximum Gasteiger partial charge on any atom is 0.416 e. The molecule has 1 amide bonds. The van der Waals surface area contributed by atoms with E-state index in [9.17, 15) is 26.4 Å². The first-order chi connectivity index (χ1) is 16.1. The van der Waals surface area contributed by atoms with Crippen molar-refractivity contribution in [1.82, 2.24) is 19.1 Å². The highest BCUT2D eigenvalue weighted by Gasteiger charge is 2.35. The molecule has 1 N–H and O–H groups in total. The van der Waals surface area contributed by atoms with Crippen LogP contribution in [0.5, 0.6) is 0 Å². The number of carbonyl (C=O) groups excluding carboxylic acids is 1. The number of pyridine rings is 1. The summed E-state index contributed by atoms with van der Waals surface area (Å²) in [5.41, 5.74) is -0.0171. The molecule has 3 aromatic rings. The molecule has 0 bridgehead atoms. The fraction of sp³-hybridized carbons (Fsp3) is 0.318. The summed E-state index contributed by atoms with van der Waals surface area (Å²) >= 11 is 0. The summed E-state index contributed by atoms with van der Waals surface area (Å²) in [6, 6.07) is 9.08. The SMILES string of the molecule is O=C(Nc1ccn(Cc2ccncc2)n1)C1CCN(S(=O)(=O)c2cccc(C(F)(F)F)c2)CC1. The number of anilines is 1. The van der Waals surface area contributed by atoms with E-state index in [0.717, 1.165) is 28.1 Å². The van der Waals surface area contributed by atoms with E-state index in [4.69, 9.17) is 0 Å². The van der Waals surface area contributed by atoms with Gasteiger partial charge in [0, 0.05) is 43.7 Å². The molecule has 180 valence electrons. The number of nitrogens with one attached hydrogen (secondary N) is 1. The lowest BCUT2D eigenvalue weighted by Crippen LogP contribution is -2.41. The summed E-state index contributed by atoms with van der Waals surface area (Å²) in [4.78, 5) is 16.2. The Kier molecular flexibility index (Phi) is 6.71. The summed E-state index contributed by atoms with van der Waals surface area (Å²) in [6.07, 6.45) is 0.966. The van der Waals surface area contributed by atoms with Gasteiger partial charge < -0.3 is 5.32 Å². The second-order valence-corrected chi connectivity index (χ2v) is 9.89. The summed E-state index contributed by atoms with van der Waals surface area (Å²) in [7, 11) is -4.10. The average Bonchev–Trinajstić information content (AvgIpc) is 3.26. The zero-order chi connectivity index (χ0) is 24.3.